The number of alkyl halides is 3. The fraction of sp³-hybridized carbons (Fsp3) is 0.400. The number of allylic oxidation sites excluding steroid dienone is 2. The fourth-order valence-corrected chi connectivity index (χ4v) is 2.12. The maximum absolute atomic E-state index is 12.2. The summed E-state index contributed by atoms with van der Waals surface area (Å²) in [4.78, 5) is 12.1. The highest BCUT2D eigenvalue weighted by Crippen LogP contribution is 2.28. The van der Waals surface area contributed by atoms with Gasteiger partial charge in [-0.15, -0.1) is 0 Å². The van der Waals surface area contributed by atoms with Gasteiger partial charge in [-0.25, -0.2) is 0 Å². The molecule has 1 atom stereocenters. The second-order valence-electron chi connectivity index (χ2n) is 4.87. The van der Waals surface area contributed by atoms with Gasteiger partial charge in [0.2, 0.25) is 5.91 Å². The van der Waals surface area contributed by atoms with Crippen LogP contribution in [0.3, 0.4) is 0 Å². The third-order valence-corrected chi connectivity index (χ3v) is 3.18. The van der Waals surface area contributed by atoms with Crippen molar-refractivity contribution in [1.82, 2.24) is 0 Å². The van der Waals surface area contributed by atoms with Gasteiger partial charge in [0.15, 0.2) is 6.61 Å². The molecule has 0 aromatic heterocycles. The van der Waals surface area contributed by atoms with Crippen molar-refractivity contribution in [3.8, 4) is 5.75 Å². The molecular formula is C15H16F3NO2. The molecule has 1 aromatic carbocycles. The number of hydrogen-bond acceptors (Lipinski definition) is 2. The first-order valence-electron chi connectivity index (χ1n) is 6.70. The summed E-state index contributed by atoms with van der Waals surface area (Å²) in [5.74, 6) is -0.317. The monoisotopic (exact) mass is 299 g/mol. The number of hydrogen-bond donors (Lipinski definition) is 1. The molecule has 1 N–H and O–H groups in total. The zero-order valence-electron chi connectivity index (χ0n) is 11.3. The van der Waals surface area contributed by atoms with E-state index in [1.165, 1.54) is 12.1 Å². The van der Waals surface area contributed by atoms with Crippen molar-refractivity contribution in [2.75, 3.05) is 11.9 Å². The summed E-state index contributed by atoms with van der Waals surface area (Å²) in [6.07, 6.45) is 1.78. The Morgan fingerprint density at radius 1 is 1.29 bits per heavy atom. The minimum Gasteiger partial charge on any atom is -0.482 e. The van der Waals surface area contributed by atoms with Crippen LogP contribution in [0, 0.1) is 5.92 Å². The smallest absolute Gasteiger partial charge is 0.422 e. The Labute approximate surface area is 120 Å². The van der Waals surface area contributed by atoms with E-state index in [1.807, 2.05) is 12.2 Å². The number of carbonyl (C=O) groups is 1. The highest BCUT2D eigenvalue weighted by Gasteiger charge is 2.29. The second kappa shape index (κ2) is 6.65. The number of nitrogens with one attached hydrogen (secondary N) is 1. The van der Waals surface area contributed by atoms with Gasteiger partial charge in [0.25, 0.3) is 0 Å². The molecular weight excluding hydrogens is 283 g/mol. The first kappa shape index (κ1) is 15.4. The number of para-hydroxylation sites is 2. The van der Waals surface area contributed by atoms with E-state index in [2.05, 4.69) is 5.32 Å². The topological polar surface area (TPSA) is 38.3 Å². The molecule has 0 spiro atoms. The minimum atomic E-state index is -4.41. The summed E-state index contributed by atoms with van der Waals surface area (Å²) < 4.78 is 41.4. The maximum atomic E-state index is 12.2. The maximum Gasteiger partial charge on any atom is 0.422 e. The lowest BCUT2D eigenvalue weighted by molar-refractivity contribution is -0.153. The van der Waals surface area contributed by atoms with Crippen molar-refractivity contribution >= 4 is 11.6 Å². The van der Waals surface area contributed by atoms with Gasteiger partial charge in [0.05, 0.1) is 5.69 Å². The number of anilines is 1. The van der Waals surface area contributed by atoms with Gasteiger partial charge in [0, 0.05) is 5.92 Å². The Morgan fingerprint density at radius 2 is 2.05 bits per heavy atom. The number of carbonyl (C=O) groups excluding carboxylic acids is 1. The van der Waals surface area contributed by atoms with E-state index in [4.69, 9.17) is 4.74 Å². The number of rotatable bonds is 4. The summed E-state index contributed by atoms with van der Waals surface area (Å²) in [6, 6.07) is 6.13. The molecule has 0 fully saturated rings. The average molecular weight is 299 g/mol. The van der Waals surface area contributed by atoms with E-state index >= 15 is 0 Å². The number of halogens is 3. The van der Waals surface area contributed by atoms with Crippen LogP contribution in [0.1, 0.15) is 19.3 Å². The molecule has 3 nitrogen and oxygen atoms in total. The van der Waals surface area contributed by atoms with E-state index in [0.717, 1.165) is 12.8 Å². The van der Waals surface area contributed by atoms with Gasteiger partial charge in [-0.05, 0) is 31.4 Å². The van der Waals surface area contributed by atoms with Crippen molar-refractivity contribution in [3.63, 3.8) is 0 Å². The Hall–Kier alpha value is -1.98. The molecule has 114 valence electrons. The molecule has 1 aliphatic rings. The molecule has 0 heterocycles. The van der Waals surface area contributed by atoms with Crippen LogP contribution >= 0.6 is 0 Å². The van der Waals surface area contributed by atoms with E-state index in [9.17, 15) is 18.0 Å². The van der Waals surface area contributed by atoms with Crippen LogP contribution in [0.4, 0.5) is 18.9 Å². The molecule has 0 radical (unpaired) electrons. The van der Waals surface area contributed by atoms with Gasteiger partial charge in [-0.1, -0.05) is 24.3 Å². The number of benzene rings is 1. The molecule has 1 unspecified atom stereocenters. The molecule has 0 bridgehead atoms. The van der Waals surface area contributed by atoms with Crippen LogP contribution in [0.5, 0.6) is 5.75 Å². The van der Waals surface area contributed by atoms with Crippen molar-refractivity contribution < 1.29 is 22.7 Å². The highest BCUT2D eigenvalue weighted by atomic mass is 19.4. The second-order valence-corrected chi connectivity index (χ2v) is 4.87. The van der Waals surface area contributed by atoms with Gasteiger partial charge < -0.3 is 10.1 Å². The van der Waals surface area contributed by atoms with E-state index < -0.39 is 12.8 Å². The average Bonchev–Trinajstić information content (AvgIpc) is 2.46. The van der Waals surface area contributed by atoms with Crippen LogP contribution in [-0.4, -0.2) is 18.7 Å². The third kappa shape index (κ3) is 4.81. The van der Waals surface area contributed by atoms with Gasteiger partial charge >= 0.3 is 6.18 Å². The van der Waals surface area contributed by atoms with E-state index in [-0.39, 0.29) is 23.3 Å². The summed E-state index contributed by atoms with van der Waals surface area (Å²) in [6.45, 7) is -1.38. The lowest BCUT2D eigenvalue weighted by atomic mass is 9.93. The zero-order chi connectivity index (χ0) is 15.3. The van der Waals surface area contributed by atoms with Crippen LogP contribution in [0.25, 0.3) is 0 Å². The number of amides is 1. The lowest BCUT2D eigenvalue weighted by Gasteiger charge is -2.19. The Kier molecular flexibility index (Phi) is 4.88. The Morgan fingerprint density at radius 3 is 2.71 bits per heavy atom. The molecule has 2 rings (SSSR count). The largest absolute Gasteiger partial charge is 0.482 e. The molecule has 21 heavy (non-hydrogen) atoms. The first-order chi connectivity index (χ1) is 9.96. The molecule has 6 heteroatoms. The summed E-state index contributed by atoms with van der Waals surface area (Å²) in [5.41, 5.74) is 0.265. The lowest BCUT2D eigenvalue weighted by Crippen LogP contribution is -2.24. The molecule has 0 aliphatic heterocycles. The quantitative estimate of drug-likeness (QED) is 0.856. The van der Waals surface area contributed by atoms with Crippen LogP contribution in [-0.2, 0) is 4.79 Å². The fourth-order valence-electron chi connectivity index (χ4n) is 2.12. The van der Waals surface area contributed by atoms with Crippen LogP contribution in [0.15, 0.2) is 36.4 Å². The summed E-state index contributed by atoms with van der Waals surface area (Å²) >= 11 is 0. The minimum absolute atomic E-state index is 0.0227. The van der Waals surface area contributed by atoms with Crippen molar-refractivity contribution in [2.24, 2.45) is 5.92 Å². The van der Waals surface area contributed by atoms with E-state index in [1.54, 1.807) is 12.1 Å². The highest BCUT2D eigenvalue weighted by molar-refractivity contribution is 5.94. The first-order valence-corrected chi connectivity index (χ1v) is 6.70. The molecule has 0 saturated carbocycles. The normalized spacial score (nSPS) is 18.3. The van der Waals surface area contributed by atoms with Crippen molar-refractivity contribution in [3.05, 3.63) is 36.4 Å². The molecule has 0 saturated heterocycles. The van der Waals surface area contributed by atoms with Gasteiger partial charge in [-0.3, -0.25) is 4.79 Å². The van der Waals surface area contributed by atoms with Gasteiger partial charge in [0.1, 0.15) is 5.75 Å². The zero-order valence-corrected chi connectivity index (χ0v) is 11.3. The predicted molar refractivity (Wildman–Crippen MR) is 73.1 cm³/mol. The van der Waals surface area contributed by atoms with E-state index in [0.29, 0.717) is 6.42 Å². The Balaban J connectivity index is 2.02. The standard InChI is InChI=1S/C15H16F3NO2/c16-15(17,18)10-21-13-9-5-4-8-12(13)19-14(20)11-6-2-1-3-7-11/h1-2,4-5,8-9,11H,3,6-7,10H2,(H,19,20). The van der Waals surface area contributed by atoms with Gasteiger partial charge in [-0.2, -0.15) is 13.2 Å². The van der Waals surface area contributed by atoms with Crippen LogP contribution < -0.4 is 10.1 Å². The summed E-state index contributed by atoms with van der Waals surface area (Å²) in [5, 5.41) is 2.65. The molecule has 1 amide bonds. The molecule has 1 aliphatic carbocycles. The van der Waals surface area contributed by atoms with Crippen LogP contribution in [0.2, 0.25) is 0 Å². The number of ether oxygens (including phenoxy) is 1. The SMILES string of the molecule is O=C(Nc1ccccc1OCC(F)(F)F)C1CC=CCC1. The van der Waals surface area contributed by atoms with Crippen molar-refractivity contribution in [2.45, 2.75) is 25.4 Å². The third-order valence-electron chi connectivity index (χ3n) is 3.18. The Bertz CT molecular complexity index is 526. The van der Waals surface area contributed by atoms with Crippen molar-refractivity contribution in [1.29, 1.82) is 0 Å². The summed E-state index contributed by atoms with van der Waals surface area (Å²) in [7, 11) is 0. The molecule has 1 aromatic rings. The predicted octanol–water partition coefficient (Wildman–Crippen LogP) is 3.92.